The van der Waals surface area contributed by atoms with Gasteiger partial charge in [0.25, 0.3) is 5.91 Å². The Morgan fingerprint density at radius 1 is 1.13 bits per heavy atom. The summed E-state index contributed by atoms with van der Waals surface area (Å²) in [6.07, 6.45) is 3.95. The molecule has 3 N–H and O–H groups in total. The second-order valence-electron chi connectivity index (χ2n) is 8.18. The van der Waals surface area contributed by atoms with Crippen LogP contribution in [0, 0.1) is 17.5 Å². The zero-order valence-electron chi connectivity index (χ0n) is 19.7. The molecule has 0 saturated heterocycles. The fourth-order valence-electron chi connectivity index (χ4n) is 3.95. The Hall–Kier alpha value is -4.43. The molecular weight excluding hydrogens is 561 g/mol. The van der Waals surface area contributed by atoms with E-state index in [0.717, 1.165) is 24.3 Å². The molecule has 5 aromatic rings. The Balaban J connectivity index is 1.54. The fraction of sp³-hybridized carbons (Fsp3) is 0.0833. The van der Waals surface area contributed by atoms with Crippen molar-refractivity contribution in [3.8, 4) is 17.0 Å². The zero-order valence-corrected chi connectivity index (χ0v) is 21.3. The monoisotopic (exact) mass is 576 g/mol. The van der Waals surface area contributed by atoms with Crippen molar-refractivity contribution >= 4 is 43.9 Å². The van der Waals surface area contributed by atoms with Crippen LogP contribution in [0.3, 0.4) is 0 Å². The van der Waals surface area contributed by atoms with Gasteiger partial charge in [-0.2, -0.15) is 10.2 Å². The van der Waals surface area contributed by atoms with E-state index in [9.17, 15) is 17.6 Å². The molecule has 15 heteroatoms. The van der Waals surface area contributed by atoms with Gasteiger partial charge in [-0.05, 0) is 18.2 Å². The van der Waals surface area contributed by atoms with E-state index in [1.54, 1.807) is 0 Å². The predicted octanol–water partition coefficient (Wildman–Crippen LogP) is 4.65. The number of amides is 1. The number of nitrogens with zero attached hydrogens (tertiary/aromatic N) is 3. The van der Waals surface area contributed by atoms with E-state index in [1.165, 1.54) is 31.8 Å². The van der Waals surface area contributed by atoms with Gasteiger partial charge in [-0.15, -0.1) is 0 Å². The molecule has 2 aromatic carbocycles. The first-order valence-electron chi connectivity index (χ1n) is 11.0. The third-order valence-electron chi connectivity index (χ3n) is 5.75. The van der Waals surface area contributed by atoms with Gasteiger partial charge in [0.2, 0.25) is 5.88 Å². The number of hydrogen-bond donors (Lipinski definition) is 3. The summed E-state index contributed by atoms with van der Waals surface area (Å²) in [5, 5.41) is 15.0. The molecule has 10 nitrogen and oxygen atoms in total. The van der Waals surface area contributed by atoms with Gasteiger partial charge in [0.1, 0.15) is 27.7 Å². The number of sulfone groups is 1. The number of carbonyl (C=O) groups excluding carboxylic acids is 1. The summed E-state index contributed by atoms with van der Waals surface area (Å²) < 4.78 is 77.1. The van der Waals surface area contributed by atoms with Crippen molar-refractivity contribution < 1.29 is 31.1 Å². The summed E-state index contributed by atoms with van der Waals surface area (Å²) in [6, 6.07) is 5.21. The molecule has 5 rings (SSSR count). The fourth-order valence-corrected chi connectivity index (χ4v) is 5.67. The maximum atomic E-state index is 15.6. The Kier molecular flexibility index (Phi) is 6.74. The molecule has 0 atom stereocenters. The van der Waals surface area contributed by atoms with Crippen LogP contribution in [0.4, 0.5) is 18.9 Å². The second-order valence-corrected chi connectivity index (χ2v) is 10.6. The first-order valence-corrected chi connectivity index (χ1v) is 13.0. The molecule has 0 bridgehead atoms. The lowest BCUT2D eigenvalue weighted by Crippen LogP contribution is -2.12. The van der Waals surface area contributed by atoms with Gasteiger partial charge < -0.3 is 10.1 Å². The van der Waals surface area contributed by atoms with Gasteiger partial charge in [-0.1, -0.05) is 23.7 Å². The number of halogens is 4. The molecule has 0 aliphatic carbocycles. The minimum Gasteiger partial charge on any atom is -0.480 e. The van der Waals surface area contributed by atoms with Crippen LogP contribution in [-0.4, -0.2) is 46.8 Å². The number of benzene rings is 2. The first-order chi connectivity index (χ1) is 18.6. The number of hydrogen-bond acceptors (Lipinski definition) is 7. The maximum absolute atomic E-state index is 15.6. The number of ether oxygens (including phenoxy) is 1. The third-order valence-corrected chi connectivity index (χ3v) is 7.61. The minimum atomic E-state index is -4.28. The first kappa shape index (κ1) is 26.2. The summed E-state index contributed by atoms with van der Waals surface area (Å²) in [4.78, 5) is 16.0. The number of anilines is 1. The molecule has 3 heterocycles. The number of aromatic nitrogens is 5. The number of carbonyl (C=O) groups is 1. The highest BCUT2D eigenvalue weighted by Crippen LogP contribution is 2.35. The van der Waals surface area contributed by atoms with Crippen LogP contribution in [-0.2, 0) is 15.6 Å². The Bertz CT molecular complexity index is 1840. The number of rotatable bonds is 7. The molecule has 0 unspecified atom stereocenters. The van der Waals surface area contributed by atoms with Crippen molar-refractivity contribution in [2.24, 2.45) is 0 Å². The molecular formula is C24H16ClF3N6O4S. The third kappa shape index (κ3) is 4.79. The number of methoxy groups -OCH3 is 1. The largest absolute Gasteiger partial charge is 0.480 e. The molecule has 0 saturated carbocycles. The average Bonchev–Trinajstić information content (AvgIpc) is 3.57. The van der Waals surface area contributed by atoms with E-state index in [0.29, 0.717) is 5.69 Å². The van der Waals surface area contributed by atoms with E-state index in [2.05, 4.69) is 30.7 Å². The van der Waals surface area contributed by atoms with Crippen molar-refractivity contribution in [3.63, 3.8) is 0 Å². The van der Waals surface area contributed by atoms with Crippen LogP contribution in [0.15, 0.2) is 53.8 Å². The van der Waals surface area contributed by atoms with E-state index >= 15 is 8.78 Å². The summed E-state index contributed by atoms with van der Waals surface area (Å²) in [7, 11) is -3.08. The van der Waals surface area contributed by atoms with Gasteiger partial charge in [0.05, 0.1) is 35.3 Å². The number of nitrogens with one attached hydrogen (secondary N) is 3. The Morgan fingerprint density at radius 3 is 2.64 bits per heavy atom. The van der Waals surface area contributed by atoms with Crippen LogP contribution < -0.4 is 10.1 Å². The highest BCUT2D eigenvalue weighted by atomic mass is 35.5. The van der Waals surface area contributed by atoms with Crippen LogP contribution in [0.2, 0.25) is 5.02 Å². The molecule has 39 heavy (non-hydrogen) atoms. The standard InChI is InChI=1S/C24H16ClF3N6O4S/c1-38-24-17(6-12(25)7-29-24)39(36,37)10-11-2-5-16(26)18(19(11)27)14-3-4-15-21(20(14)28)33-34-22(15)23(35)32-13-8-30-31-9-13/h2-9H,10H2,1H3,(H,30,31)(H,32,35)(H,33,34). The van der Waals surface area contributed by atoms with E-state index in [1.807, 2.05) is 0 Å². The van der Waals surface area contributed by atoms with Crippen molar-refractivity contribution in [2.45, 2.75) is 10.6 Å². The number of fused-ring (bicyclic) bond motifs is 1. The van der Waals surface area contributed by atoms with Crippen LogP contribution >= 0.6 is 11.6 Å². The van der Waals surface area contributed by atoms with Crippen molar-refractivity contribution in [3.05, 3.63) is 82.7 Å². The molecule has 0 fully saturated rings. The van der Waals surface area contributed by atoms with E-state index < -0.39 is 60.5 Å². The van der Waals surface area contributed by atoms with Crippen molar-refractivity contribution in [1.82, 2.24) is 25.4 Å². The molecule has 3 aromatic heterocycles. The SMILES string of the molecule is COc1ncc(Cl)cc1S(=O)(=O)Cc1ccc(F)c(-c2ccc3c(C(=O)Nc4cn[nH]c4)[nH]nc3c2F)c1F. The normalized spacial score (nSPS) is 11.6. The smallest absolute Gasteiger partial charge is 0.274 e. The van der Waals surface area contributed by atoms with Gasteiger partial charge in [0.15, 0.2) is 15.7 Å². The lowest BCUT2D eigenvalue weighted by Gasteiger charge is -2.13. The quantitative estimate of drug-likeness (QED) is 0.256. The van der Waals surface area contributed by atoms with Gasteiger partial charge in [0, 0.05) is 28.9 Å². The molecule has 1 amide bonds. The summed E-state index contributed by atoms with van der Waals surface area (Å²) in [6.45, 7) is 0. The molecule has 0 spiro atoms. The lowest BCUT2D eigenvalue weighted by atomic mass is 9.99. The van der Waals surface area contributed by atoms with Gasteiger partial charge >= 0.3 is 0 Å². The van der Waals surface area contributed by atoms with Crippen LogP contribution in [0.5, 0.6) is 5.88 Å². The van der Waals surface area contributed by atoms with E-state index in [4.69, 9.17) is 16.3 Å². The van der Waals surface area contributed by atoms with E-state index in [-0.39, 0.29) is 27.5 Å². The van der Waals surface area contributed by atoms with Crippen LogP contribution in [0.1, 0.15) is 16.1 Å². The Morgan fingerprint density at radius 2 is 1.92 bits per heavy atom. The van der Waals surface area contributed by atoms with Crippen LogP contribution in [0.25, 0.3) is 22.0 Å². The molecule has 200 valence electrons. The molecule has 0 aliphatic heterocycles. The molecule has 0 aliphatic rings. The highest BCUT2D eigenvalue weighted by Gasteiger charge is 2.27. The topological polar surface area (TPSA) is 143 Å². The Labute approximate surface area is 223 Å². The lowest BCUT2D eigenvalue weighted by molar-refractivity contribution is 0.102. The summed E-state index contributed by atoms with van der Waals surface area (Å²) in [5.74, 6) is -5.38. The predicted molar refractivity (Wildman–Crippen MR) is 135 cm³/mol. The van der Waals surface area contributed by atoms with Gasteiger partial charge in [-0.3, -0.25) is 15.0 Å². The average molecular weight is 577 g/mol. The summed E-state index contributed by atoms with van der Waals surface area (Å²) in [5.41, 5.74) is -1.85. The highest BCUT2D eigenvalue weighted by molar-refractivity contribution is 7.90. The number of aromatic amines is 2. The second kappa shape index (κ2) is 10.0. The minimum absolute atomic E-state index is 0.00170. The maximum Gasteiger partial charge on any atom is 0.274 e. The summed E-state index contributed by atoms with van der Waals surface area (Å²) >= 11 is 5.88. The zero-order chi connectivity index (χ0) is 27.9. The molecule has 0 radical (unpaired) electrons. The van der Waals surface area contributed by atoms with Crippen molar-refractivity contribution in [2.75, 3.05) is 12.4 Å². The van der Waals surface area contributed by atoms with Gasteiger partial charge in [-0.25, -0.2) is 26.6 Å². The van der Waals surface area contributed by atoms with Crippen molar-refractivity contribution in [1.29, 1.82) is 0 Å². The number of pyridine rings is 1. The number of H-pyrrole nitrogens is 2.